The van der Waals surface area contributed by atoms with Gasteiger partial charge in [0.05, 0.1) is 5.75 Å². The third-order valence-corrected chi connectivity index (χ3v) is 2.71. The predicted molar refractivity (Wildman–Crippen MR) is 56.8 cm³/mol. The Bertz CT molecular complexity index is 162. The number of rotatable bonds is 7. The van der Waals surface area contributed by atoms with Crippen LogP contribution in [0.15, 0.2) is 12.7 Å². The molecule has 2 N–H and O–H groups in total. The molecule has 0 radical (unpaired) electrons. The van der Waals surface area contributed by atoms with E-state index in [-0.39, 0.29) is 12.5 Å². The molecular weight excluding hydrogens is 186 g/mol. The molecule has 13 heavy (non-hydrogen) atoms. The third-order valence-electron chi connectivity index (χ3n) is 1.48. The van der Waals surface area contributed by atoms with Crippen LogP contribution < -0.4 is 5.32 Å². The van der Waals surface area contributed by atoms with Crippen molar-refractivity contribution in [3.63, 3.8) is 0 Å². The fraction of sp³-hybridized carbons (Fsp3) is 0.667. The van der Waals surface area contributed by atoms with E-state index in [1.54, 1.807) is 17.8 Å². The largest absolute Gasteiger partial charge is 0.396 e. The fourth-order valence-electron chi connectivity index (χ4n) is 0.720. The van der Waals surface area contributed by atoms with E-state index in [4.69, 9.17) is 5.11 Å². The van der Waals surface area contributed by atoms with Gasteiger partial charge in [-0.05, 0) is 6.42 Å². The van der Waals surface area contributed by atoms with Crippen LogP contribution in [-0.4, -0.2) is 35.2 Å². The predicted octanol–water partition coefficient (Wildman–Crippen LogP) is 0.793. The third kappa shape index (κ3) is 7.87. The Kier molecular flexibility index (Phi) is 7.83. The lowest BCUT2D eigenvalue weighted by Crippen LogP contribution is -2.25. The van der Waals surface area contributed by atoms with Crippen LogP contribution in [0, 0.1) is 0 Å². The maximum Gasteiger partial charge on any atom is 0.230 e. The maximum absolute atomic E-state index is 11.1. The van der Waals surface area contributed by atoms with E-state index in [0.717, 1.165) is 6.42 Å². The molecule has 3 nitrogen and oxygen atoms in total. The van der Waals surface area contributed by atoms with Crippen LogP contribution in [-0.2, 0) is 4.79 Å². The second-order valence-corrected chi connectivity index (χ2v) is 4.15. The molecule has 0 aromatic rings. The van der Waals surface area contributed by atoms with Gasteiger partial charge in [-0.25, -0.2) is 0 Å². The summed E-state index contributed by atoms with van der Waals surface area (Å²) in [5.74, 6) is 0.476. The smallest absolute Gasteiger partial charge is 0.230 e. The zero-order valence-electron chi connectivity index (χ0n) is 7.95. The molecule has 1 unspecified atom stereocenters. The second-order valence-electron chi connectivity index (χ2n) is 2.73. The van der Waals surface area contributed by atoms with Crippen molar-refractivity contribution in [2.24, 2.45) is 0 Å². The van der Waals surface area contributed by atoms with E-state index in [2.05, 4.69) is 11.9 Å². The molecule has 0 aromatic carbocycles. The van der Waals surface area contributed by atoms with Gasteiger partial charge in [0.2, 0.25) is 5.91 Å². The molecule has 0 heterocycles. The molecule has 0 spiro atoms. The monoisotopic (exact) mass is 203 g/mol. The molecule has 0 fully saturated rings. The molecule has 0 rings (SSSR count). The van der Waals surface area contributed by atoms with Gasteiger partial charge in [0, 0.05) is 18.4 Å². The SMILES string of the molecule is C=CCNC(=O)CSC(C)CCO. The summed E-state index contributed by atoms with van der Waals surface area (Å²) in [6, 6.07) is 0. The van der Waals surface area contributed by atoms with Crippen LogP contribution >= 0.6 is 11.8 Å². The highest BCUT2D eigenvalue weighted by Crippen LogP contribution is 2.12. The van der Waals surface area contributed by atoms with Gasteiger partial charge in [-0.1, -0.05) is 13.0 Å². The molecular formula is C9H17NO2S. The van der Waals surface area contributed by atoms with Gasteiger partial charge in [0.1, 0.15) is 0 Å². The van der Waals surface area contributed by atoms with Crippen molar-refractivity contribution in [2.75, 3.05) is 18.9 Å². The highest BCUT2D eigenvalue weighted by atomic mass is 32.2. The highest BCUT2D eigenvalue weighted by molar-refractivity contribution is 8.00. The fourth-order valence-corrected chi connectivity index (χ4v) is 1.53. The molecule has 0 aliphatic rings. The van der Waals surface area contributed by atoms with Crippen molar-refractivity contribution in [2.45, 2.75) is 18.6 Å². The Morgan fingerprint density at radius 2 is 2.46 bits per heavy atom. The van der Waals surface area contributed by atoms with Gasteiger partial charge < -0.3 is 10.4 Å². The Morgan fingerprint density at radius 3 is 3.00 bits per heavy atom. The number of amides is 1. The average molecular weight is 203 g/mol. The van der Waals surface area contributed by atoms with E-state index in [0.29, 0.717) is 17.5 Å². The van der Waals surface area contributed by atoms with E-state index >= 15 is 0 Å². The number of carbonyl (C=O) groups excluding carboxylic acids is 1. The number of carbonyl (C=O) groups is 1. The normalized spacial score (nSPS) is 12.2. The van der Waals surface area contributed by atoms with E-state index in [1.165, 1.54) is 0 Å². The minimum atomic E-state index is 0.0229. The molecule has 76 valence electrons. The van der Waals surface area contributed by atoms with Crippen LogP contribution in [0.1, 0.15) is 13.3 Å². The molecule has 1 atom stereocenters. The van der Waals surface area contributed by atoms with Crippen LogP contribution in [0.3, 0.4) is 0 Å². The number of hydrogen-bond donors (Lipinski definition) is 2. The minimum Gasteiger partial charge on any atom is -0.396 e. The molecule has 1 amide bonds. The Labute approximate surface area is 83.6 Å². The lowest BCUT2D eigenvalue weighted by molar-refractivity contribution is -0.118. The van der Waals surface area contributed by atoms with Gasteiger partial charge in [-0.2, -0.15) is 0 Å². The number of aliphatic hydroxyl groups is 1. The van der Waals surface area contributed by atoms with Gasteiger partial charge in [0.25, 0.3) is 0 Å². The van der Waals surface area contributed by atoms with Crippen molar-refractivity contribution in [3.05, 3.63) is 12.7 Å². The van der Waals surface area contributed by atoms with Gasteiger partial charge in [0.15, 0.2) is 0 Å². The molecule has 0 aliphatic carbocycles. The van der Waals surface area contributed by atoms with Crippen molar-refractivity contribution in [3.8, 4) is 0 Å². The molecule has 0 saturated heterocycles. The summed E-state index contributed by atoms with van der Waals surface area (Å²) in [4.78, 5) is 11.1. The van der Waals surface area contributed by atoms with Gasteiger partial charge in [-0.3, -0.25) is 4.79 Å². The Balaban J connectivity index is 3.39. The summed E-state index contributed by atoms with van der Waals surface area (Å²) in [6.07, 6.45) is 2.39. The topological polar surface area (TPSA) is 49.3 Å². The van der Waals surface area contributed by atoms with Crippen molar-refractivity contribution in [1.29, 1.82) is 0 Å². The van der Waals surface area contributed by atoms with Crippen molar-refractivity contribution < 1.29 is 9.90 Å². The maximum atomic E-state index is 11.1. The van der Waals surface area contributed by atoms with E-state index in [1.807, 2.05) is 6.92 Å². The van der Waals surface area contributed by atoms with E-state index in [9.17, 15) is 4.79 Å². The molecule has 0 aliphatic heterocycles. The average Bonchev–Trinajstić information content (AvgIpc) is 2.12. The quantitative estimate of drug-likeness (QED) is 0.602. The van der Waals surface area contributed by atoms with Crippen LogP contribution in [0.4, 0.5) is 0 Å². The number of hydrogen-bond acceptors (Lipinski definition) is 3. The molecule has 0 saturated carbocycles. The molecule has 4 heteroatoms. The highest BCUT2D eigenvalue weighted by Gasteiger charge is 2.05. The van der Waals surface area contributed by atoms with Crippen LogP contribution in [0.25, 0.3) is 0 Å². The lowest BCUT2D eigenvalue weighted by Gasteiger charge is -2.08. The summed E-state index contributed by atoms with van der Waals surface area (Å²) < 4.78 is 0. The van der Waals surface area contributed by atoms with Gasteiger partial charge >= 0.3 is 0 Å². The van der Waals surface area contributed by atoms with Gasteiger partial charge in [-0.15, -0.1) is 18.3 Å². The first-order valence-electron chi connectivity index (χ1n) is 4.30. The van der Waals surface area contributed by atoms with Crippen LogP contribution in [0.2, 0.25) is 0 Å². The summed E-state index contributed by atoms with van der Waals surface area (Å²) in [6.45, 7) is 6.21. The van der Waals surface area contributed by atoms with Crippen molar-refractivity contribution >= 4 is 17.7 Å². The Morgan fingerprint density at radius 1 is 1.77 bits per heavy atom. The van der Waals surface area contributed by atoms with E-state index < -0.39 is 0 Å². The molecule has 0 aromatic heterocycles. The minimum absolute atomic E-state index is 0.0229. The summed E-state index contributed by atoms with van der Waals surface area (Å²) in [5.41, 5.74) is 0. The van der Waals surface area contributed by atoms with Crippen LogP contribution in [0.5, 0.6) is 0 Å². The number of thioether (sulfide) groups is 1. The molecule has 0 bridgehead atoms. The first-order valence-corrected chi connectivity index (χ1v) is 5.35. The summed E-state index contributed by atoms with van der Waals surface area (Å²) in [7, 11) is 0. The lowest BCUT2D eigenvalue weighted by atomic mass is 10.3. The zero-order chi connectivity index (χ0) is 10.1. The number of nitrogens with one attached hydrogen (secondary N) is 1. The number of aliphatic hydroxyl groups excluding tert-OH is 1. The Hall–Kier alpha value is -0.480. The first kappa shape index (κ1) is 12.5. The van der Waals surface area contributed by atoms with Crippen molar-refractivity contribution in [1.82, 2.24) is 5.32 Å². The zero-order valence-corrected chi connectivity index (χ0v) is 8.77. The standard InChI is InChI=1S/C9H17NO2S/c1-3-5-10-9(12)7-13-8(2)4-6-11/h3,8,11H,1,4-7H2,2H3,(H,10,12). The summed E-state index contributed by atoms with van der Waals surface area (Å²) >= 11 is 1.55. The first-order chi connectivity index (χ1) is 6.20. The second kappa shape index (κ2) is 8.13. The summed E-state index contributed by atoms with van der Waals surface area (Å²) in [5, 5.41) is 11.6.